The summed E-state index contributed by atoms with van der Waals surface area (Å²) in [5, 5.41) is 9.83. The number of nitrogens with two attached hydrogens (primary N) is 1. The Kier molecular flexibility index (Phi) is 4.66. The van der Waals surface area contributed by atoms with Gasteiger partial charge in [0.25, 0.3) is 0 Å². The standard InChI is InChI=1S/C15H17ClN2O/c16-13-6-7-15(14(17)10-13)18(8-9-19)11-12-4-2-1-3-5-12/h1-7,10,19H,8-9,11,17H2. The molecule has 0 aliphatic heterocycles. The number of aliphatic hydroxyl groups is 1. The third-order valence-corrected chi connectivity index (χ3v) is 3.15. The van der Waals surface area contributed by atoms with Gasteiger partial charge in [0.15, 0.2) is 0 Å². The first-order chi connectivity index (χ1) is 9.20. The summed E-state index contributed by atoms with van der Waals surface area (Å²) in [5.74, 6) is 0. The number of halogens is 1. The molecule has 3 N–H and O–H groups in total. The second-order valence-corrected chi connectivity index (χ2v) is 4.77. The van der Waals surface area contributed by atoms with Gasteiger partial charge < -0.3 is 15.7 Å². The summed E-state index contributed by atoms with van der Waals surface area (Å²) in [6.07, 6.45) is 0. The van der Waals surface area contributed by atoms with Crippen LogP contribution in [0.25, 0.3) is 0 Å². The van der Waals surface area contributed by atoms with E-state index < -0.39 is 0 Å². The highest BCUT2D eigenvalue weighted by molar-refractivity contribution is 6.31. The molecule has 3 nitrogen and oxygen atoms in total. The van der Waals surface area contributed by atoms with E-state index in [0.717, 1.165) is 5.69 Å². The smallest absolute Gasteiger partial charge is 0.0606 e. The van der Waals surface area contributed by atoms with Crippen LogP contribution < -0.4 is 10.6 Å². The first-order valence-electron chi connectivity index (χ1n) is 6.15. The number of hydrogen-bond acceptors (Lipinski definition) is 3. The molecule has 0 unspecified atom stereocenters. The van der Waals surface area contributed by atoms with Crippen LogP contribution in [-0.4, -0.2) is 18.3 Å². The number of aliphatic hydroxyl groups excluding tert-OH is 1. The van der Waals surface area contributed by atoms with Gasteiger partial charge in [0.05, 0.1) is 18.0 Å². The Morgan fingerprint density at radius 3 is 2.47 bits per heavy atom. The van der Waals surface area contributed by atoms with Crippen molar-refractivity contribution in [1.29, 1.82) is 0 Å². The summed E-state index contributed by atoms with van der Waals surface area (Å²) in [4.78, 5) is 2.04. The Morgan fingerprint density at radius 1 is 1.11 bits per heavy atom. The van der Waals surface area contributed by atoms with Gasteiger partial charge in [-0.05, 0) is 23.8 Å². The number of rotatable bonds is 5. The number of benzene rings is 2. The zero-order valence-corrected chi connectivity index (χ0v) is 11.3. The van der Waals surface area contributed by atoms with Crippen LogP contribution in [0.3, 0.4) is 0 Å². The molecule has 0 atom stereocenters. The number of anilines is 2. The molecular formula is C15H17ClN2O. The molecule has 0 spiro atoms. The fourth-order valence-corrected chi connectivity index (χ4v) is 2.20. The van der Waals surface area contributed by atoms with Crippen LogP contribution in [0.5, 0.6) is 0 Å². The highest BCUT2D eigenvalue weighted by Crippen LogP contribution is 2.27. The molecule has 0 saturated carbocycles. The van der Waals surface area contributed by atoms with E-state index in [0.29, 0.717) is 23.8 Å². The van der Waals surface area contributed by atoms with Crippen molar-refractivity contribution in [2.75, 3.05) is 23.8 Å². The van der Waals surface area contributed by atoms with Crippen molar-refractivity contribution in [3.8, 4) is 0 Å². The number of hydrogen-bond donors (Lipinski definition) is 2. The summed E-state index contributed by atoms with van der Waals surface area (Å²) in [6.45, 7) is 1.31. The van der Waals surface area contributed by atoms with Crippen molar-refractivity contribution in [3.05, 3.63) is 59.1 Å². The summed E-state index contributed by atoms with van der Waals surface area (Å²) in [7, 11) is 0. The van der Waals surface area contributed by atoms with E-state index in [4.69, 9.17) is 17.3 Å². The molecule has 0 aliphatic carbocycles. The molecule has 0 heterocycles. The van der Waals surface area contributed by atoms with Crippen molar-refractivity contribution < 1.29 is 5.11 Å². The average molecular weight is 277 g/mol. The normalized spacial score (nSPS) is 10.4. The third-order valence-electron chi connectivity index (χ3n) is 2.92. The van der Waals surface area contributed by atoms with Crippen molar-refractivity contribution in [3.63, 3.8) is 0 Å². The predicted molar refractivity (Wildman–Crippen MR) is 80.4 cm³/mol. The molecular weight excluding hydrogens is 260 g/mol. The van der Waals surface area contributed by atoms with Crippen LogP contribution >= 0.6 is 11.6 Å². The molecule has 2 aromatic rings. The topological polar surface area (TPSA) is 49.5 Å². The monoisotopic (exact) mass is 276 g/mol. The van der Waals surface area contributed by atoms with E-state index in [-0.39, 0.29) is 6.61 Å². The summed E-state index contributed by atoms with van der Waals surface area (Å²) >= 11 is 5.91. The third kappa shape index (κ3) is 3.63. The Bertz CT molecular complexity index is 531. The second kappa shape index (κ2) is 6.45. The quantitative estimate of drug-likeness (QED) is 0.826. The maximum absolute atomic E-state index is 9.21. The molecule has 2 rings (SSSR count). The lowest BCUT2D eigenvalue weighted by Crippen LogP contribution is -2.26. The van der Waals surface area contributed by atoms with E-state index >= 15 is 0 Å². The van der Waals surface area contributed by atoms with Crippen LogP contribution in [0.4, 0.5) is 11.4 Å². The molecule has 0 radical (unpaired) electrons. The zero-order valence-electron chi connectivity index (χ0n) is 10.6. The number of nitrogens with zero attached hydrogens (tertiary/aromatic N) is 1. The molecule has 0 fully saturated rings. The average Bonchev–Trinajstić information content (AvgIpc) is 2.39. The van der Waals surface area contributed by atoms with Crippen molar-refractivity contribution in [2.24, 2.45) is 0 Å². The fraction of sp³-hybridized carbons (Fsp3) is 0.200. The molecule has 0 aliphatic rings. The van der Waals surface area contributed by atoms with Crippen molar-refractivity contribution >= 4 is 23.0 Å². The molecule has 0 bridgehead atoms. The highest BCUT2D eigenvalue weighted by Gasteiger charge is 2.10. The molecule has 2 aromatic carbocycles. The molecule has 100 valence electrons. The predicted octanol–water partition coefficient (Wildman–Crippen LogP) is 2.92. The Balaban J connectivity index is 2.24. The van der Waals surface area contributed by atoms with Crippen LogP contribution in [-0.2, 0) is 6.54 Å². The lowest BCUT2D eigenvalue weighted by molar-refractivity contribution is 0.301. The van der Waals surface area contributed by atoms with Crippen LogP contribution in [0.2, 0.25) is 5.02 Å². The SMILES string of the molecule is Nc1cc(Cl)ccc1N(CCO)Cc1ccccc1. The van der Waals surface area contributed by atoms with E-state index in [1.54, 1.807) is 6.07 Å². The maximum atomic E-state index is 9.21. The minimum atomic E-state index is 0.0783. The van der Waals surface area contributed by atoms with Gasteiger partial charge in [-0.3, -0.25) is 0 Å². The van der Waals surface area contributed by atoms with Gasteiger partial charge >= 0.3 is 0 Å². The van der Waals surface area contributed by atoms with E-state index in [1.807, 2.05) is 35.2 Å². The Labute approximate surface area is 118 Å². The first kappa shape index (κ1) is 13.7. The minimum absolute atomic E-state index is 0.0783. The number of nitrogen functional groups attached to an aromatic ring is 1. The lowest BCUT2D eigenvalue weighted by Gasteiger charge is -2.25. The molecule has 4 heteroatoms. The van der Waals surface area contributed by atoms with Gasteiger partial charge in [-0.1, -0.05) is 41.9 Å². The van der Waals surface area contributed by atoms with Crippen molar-refractivity contribution in [2.45, 2.75) is 6.54 Å². The van der Waals surface area contributed by atoms with Crippen LogP contribution in [0.15, 0.2) is 48.5 Å². The van der Waals surface area contributed by atoms with Gasteiger partial charge in [0, 0.05) is 18.1 Å². The molecule has 19 heavy (non-hydrogen) atoms. The lowest BCUT2D eigenvalue weighted by atomic mass is 10.2. The molecule has 0 amide bonds. The minimum Gasteiger partial charge on any atom is -0.397 e. The van der Waals surface area contributed by atoms with Gasteiger partial charge in [-0.15, -0.1) is 0 Å². The van der Waals surface area contributed by atoms with Crippen LogP contribution in [0.1, 0.15) is 5.56 Å². The summed E-state index contributed by atoms with van der Waals surface area (Å²) < 4.78 is 0. The molecule has 0 aromatic heterocycles. The summed E-state index contributed by atoms with van der Waals surface area (Å²) in [5.41, 5.74) is 8.68. The fourth-order valence-electron chi connectivity index (χ4n) is 2.02. The van der Waals surface area contributed by atoms with Gasteiger partial charge in [0.2, 0.25) is 0 Å². The van der Waals surface area contributed by atoms with E-state index in [2.05, 4.69) is 12.1 Å². The van der Waals surface area contributed by atoms with Crippen molar-refractivity contribution in [1.82, 2.24) is 0 Å². The maximum Gasteiger partial charge on any atom is 0.0606 e. The zero-order chi connectivity index (χ0) is 13.7. The first-order valence-corrected chi connectivity index (χ1v) is 6.53. The molecule has 0 saturated heterocycles. The Morgan fingerprint density at radius 2 is 1.84 bits per heavy atom. The van der Waals surface area contributed by atoms with E-state index in [9.17, 15) is 5.11 Å². The van der Waals surface area contributed by atoms with Gasteiger partial charge in [0.1, 0.15) is 0 Å². The second-order valence-electron chi connectivity index (χ2n) is 4.33. The van der Waals surface area contributed by atoms with Gasteiger partial charge in [-0.2, -0.15) is 0 Å². The summed E-state index contributed by atoms with van der Waals surface area (Å²) in [6, 6.07) is 15.5. The highest BCUT2D eigenvalue weighted by atomic mass is 35.5. The largest absolute Gasteiger partial charge is 0.397 e. The Hall–Kier alpha value is -1.71. The van der Waals surface area contributed by atoms with Crippen LogP contribution in [0, 0.1) is 0 Å². The van der Waals surface area contributed by atoms with E-state index in [1.165, 1.54) is 5.56 Å². The van der Waals surface area contributed by atoms with Gasteiger partial charge in [-0.25, -0.2) is 0 Å².